The Morgan fingerprint density at radius 3 is 2.46 bits per heavy atom. The predicted molar refractivity (Wildman–Crippen MR) is 96.6 cm³/mol. The number of rotatable bonds is 6. The molecule has 0 aliphatic carbocycles. The minimum atomic E-state index is 0.0377. The topological polar surface area (TPSA) is 70.7 Å². The molecule has 0 aliphatic rings. The Labute approximate surface area is 150 Å². The SMILES string of the molecule is COc1ncc(-c2nccn2[C@@H](Cn2cccn2)c2ccccc2)cn1. The van der Waals surface area contributed by atoms with Crippen LogP contribution in [0.1, 0.15) is 11.6 Å². The van der Waals surface area contributed by atoms with Gasteiger partial charge in [-0.2, -0.15) is 5.10 Å². The maximum absolute atomic E-state index is 5.04. The third-order valence-corrected chi connectivity index (χ3v) is 4.18. The standard InChI is InChI=1S/C19H18N6O/c1-26-19-21-12-16(13-22-19)18-20-9-11-25(18)17(14-24-10-5-8-23-24)15-6-3-2-4-7-15/h2-13,17H,14H2,1H3/t17-/m0/s1. The molecular formula is C19H18N6O. The lowest BCUT2D eigenvalue weighted by Crippen LogP contribution is -2.18. The van der Waals surface area contributed by atoms with Crippen LogP contribution in [0, 0.1) is 0 Å². The molecule has 26 heavy (non-hydrogen) atoms. The maximum Gasteiger partial charge on any atom is 0.316 e. The van der Waals surface area contributed by atoms with Crippen LogP contribution in [-0.2, 0) is 6.54 Å². The Bertz CT molecular complexity index is 947. The molecule has 3 heterocycles. The normalized spacial score (nSPS) is 12.0. The second-order valence-corrected chi connectivity index (χ2v) is 5.77. The van der Waals surface area contributed by atoms with Crippen molar-refractivity contribution >= 4 is 0 Å². The molecule has 4 rings (SSSR count). The van der Waals surface area contributed by atoms with Gasteiger partial charge in [-0.3, -0.25) is 4.68 Å². The molecule has 1 aromatic carbocycles. The van der Waals surface area contributed by atoms with Gasteiger partial charge in [0.25, 0.3) is 0 Å². The number of methoxy groups -OCH3 is 1. The van der Waals surface area contributed by atoms with E-state index in [-0.39, 0.29) is 6.04 Å². The van der Waals surface area contributed by atoms with Gasteiger partial charge in [-0.05, 0) is 11.6 Å². The second-order valence-electron chi connectivity index (χ2n) is 5.77. The molecule has 0 aliphatic heterocycles. The molecule has 3 aromatic heterocycles. The van der Waals surface area contributed by atoms with Gasteiger partial charge in [-0.1, -0.05) is 30.3 Å². The molecule has 0 fully saturated rings. The van der Waals surface area contributed by atoms with Crippen molar-refractivity contribution in [3.05, 3.63) is 79.1 Å². The van der Waals surface area contributed by atoms with Crippen molar-refractivity contribution in [3.8, 4) is 17.4 Å². The summed E-state index contributed by atoms with van der Waals surface area (Å²) >= 11 is 0. The van der Waals surface area contributed by atoms with Crippen molar-refractivity contribution in [1.29, 1.82) is 0 Å². The summed E-state index contributed by atoms with van der Waals surface area (Å²) in [4.78, 5) is 12.9. The third-order valence-electron chi connectivity index (χ3n) is 4.18. The van der Waals surface area contributed by atoms with Crippen molar-refractivity contribution in [3.63, 3.8) is 0 Å². The van der Waals surface area contributed by atoms with Crippen LogP contribution in [0.5, 0.6) is 6.01 Å². The number of benzene rings is 1. The Kier molecular flexibility index (Phi) is 4.42. The van der Waals surface area contributed by atoms with E-state index in [1.165, 1.54) is 5.56 Å². The smallest absolute Gasteiger partial charge is 0.316 e. The summed E-state index contributed by atoms with van der Waals surface area (Å²) in [5, 5.41) is 4.36. The van der Waals surface area contributed by atoms with Gasteiger partial charge in [0.05, 0.1) is 25.3 Å². The molecular weight excluding hydrogens is 328 g/mol. The molecule has 0 saturated carbocycles. The first-order valence-corrected chi connectivity index (χ1v) is 8.27. The summed E-state index contributed by atoms with van der Waals surface area (Å²) < 4.78 is 9.09. The number of hydrogen-bond donors (Lipinski definition) is 0. The van der Waals surface area contributed by atoms with Gasteiger partial charge < -0.3 is 9.30 Å². The summed E-state index contributed by atoms with van der Waals surface area (Å²) in [5.41, 5.74) is 2.01. The van der Waals surface area contributed by atoms with Crippen LogP contribution >= 0.6 is 0 Å². The Morgan fingerprint density at radius 1 is 0.962 bits per heavy atom. The number of hydrogen-bond acceptors (Lipinski definition) is 5. The fourth-order valence-corrected chi connectivity index (χ4v) is 2.94. The lowest BCUT2D eigenvalue weighted by molar-refractivity contribution is 0.380. The quantitative estimate of drug-likeness (QED) is 0.537. The van der Waals surface area contributed by atoms with Crippen molar-refractivity contribution in [2.45, 2.75) is 12.6 Å². The van der Waals surface area contributed by atoms with Crippen molar-refractivity contribution in [2.24, 2.45) is 0 Å². The molecule has 1 atom stereocenters. The Morgan fingerprint density at radius 2 is 1.77 bits per heavy atom. The van der Waals surface area contributed by atoms with Crippen molar-refractivity contribution in [2.75, 3.05) is 7.11 Å². The Balaban J connectivity index is 1.75. The highest BCUT2D eigenvalue weighted by Crippen LogP contribution is 2.26. The molecule has 0 N–H and O–H groups in total. The van der Waals surface area contributed by atoms with Crippen LogP contribution in [0.25, 0.3) is 11.4 Å². The van der Waals surface area contributed by atoms with Crippen molar-refractivity contribution in [1.82, 2.24) is 29.3 Å². The zero-order chi connectivity index (χ0) is 17.8. The fraction of sp³-hybridized carbons (Fsp3) is 0.158. The molecule has 4 aromatic rings. The summed E-state index contributed by atoms with van der Waals surface area (Å²) in [6, 6.07) is 12.6. The molecule has 130 valence electrons. The first kappa shape index (κ1) is 16.0. The second kappa shape index (κ2) is 7.18. The number of aromatic nitrogens is 6. The fourth-order valence-electron chi connectivity index (χ4n) is 2.94. The van der Waals surface area contributed by atoms with Gasteiger partial charge in [0, 0.05) is 37.2 Å². The summed E-state index contributed by atoms with van der Waals surface area (Å²) in [5.74, 6) is 0.800. The summed E-state index contributed by atoms with van der Waals surface area (Å²) in [6.45, 7) is 0.692. The van der Waals surface area contributed by atoms with Crippen LogP contribution < -0.4 is 4.74 Å². The van der Waals surface area contributed by atoms with Crippen LogP contribution in [0.2, 0.25) is 0 Å². The summed E-state index contributed by atoms with van der Waals surface area (Å²) in [7, 11) is 1.55. The van der Waals surface area contributed by atoms with E-state index in [2.05, 4.69) is 36.8 Å². The van der Waals surface area contributed by atoms with Gasteiger partial charge in [0.15, 0.2) is 0 Å². The first-order chi connectivity index (χ1) is 12.8. The summed E-state index contributed by atoms with van der Waals surface area (Å²) in [6.07, 6.45) is 11.0. The molecule has 0 radical (unpaired) electrons. The van der Waals surface area contributed by atoms with E-state index in [4.69, 9.17) is 4.74 Å². The van der Waals surface area contributed by atoms with Crippen molar-refractivity contribution < 1.29 is 4.74 Å². The van der Waals surface area contributed by atoms with E-state index in [0.717, 1.165) is 11.4 Å². The van der Waals surface area contributed by atoms with E-state index >= 15 is 0 Å². The number of ether oxygens (including phenoxy) is 1. The van der Waals surface area contributed by atoms with E-state index in [9.17, 15) is 0 Å². The first-order valence-electron chi connectivity index (χ1n) is 8.27. The van der Waals surface area contributed by atoms with Gasteiger partial charge in [0.1, 0.15) is 5.82 Å². The molecule has 0 spiro atoms. The van der Waals surface area contributed by atoms with Gasteiger partial charge in [0.2, 0.25) is 0 Å². The zero-order valence-corrected chi connectivity index (χ0v) is 14.3. The average Bonchev–Trinajstić information content (AvgIpc) is 3.39. The van der Waals surface area contributed by atoms with Crippen LogP contribution in [0.15, 0.2) is 73.6 Å². The third kappa shape index (κ3) is 3.19. The van der Waals surface area contributed by atoms with Gasteiger partial charge in [-0.25, -0.2) is 15.0 Å². The molecule has 7 nitrogen and oxygen atoms in total. The zero-order valence-electron chi connectivity index (χ0n) is 14.3. The molecule has 0 bridgehead atoms. The van der Waals surface area contributed by atoms with Crippen LogP contribution in [0.3, 0.4) is 0 Å². The van der Waals surface area contributed by atoms with E-state index in [0.29, 0.717) is 12.6 Å². The minimum absolute atomic E-state index is 0.0377. The van der Waals surface area contributed by atoms with E-state index in [1.807, 2.05) is 41.3 Å². The lowest BCUT2D eigenvalue weighted by atomic mass is 10.1. The van der Waals surface area contributed by atoms with Gasteiger partial charge in [-0.15, -0.1) is 0 Å². The predicted octanol–water partition coefficient (Wildman–Crippen LogP) is 2.83. The van der Waals surface area contributed by atoms with Gasteiger partial charge >= 0.3 is 6.01 Å². The van der Waals surface area contributed by atoms with Crippen LogP contribution in [0.4, 0.5) is 0 Å². The molecule has 7 heteroatoms. The largest absolute Gasteiger partial charge is 0.467 e. The number of imidazole rings is 1. The minimum Gasteiger partial charge on any atom is -0.467 e. The highest BCUT2D eigenvalue weighted by Gasteiger charge is 2.19. The monoisotopic (exact) mass is 346 g/mol. The highest BCUT2D eigenvalue weighted by molar-refractivity contribution is 5.53. The molecule has 0 amide bonds. The lowest BCUT2D eigenvalue weighted by Gasteiger charge is -2.21. The molecule has 0 unspecified atom stereocenters. The average molecular weight is 346 g/mol. The highest BCUT2D eigenvalue weighted by atomic mass is 16.5. The molecule has 0 saturated heterocycles. The van der Waals surface area contributed by atoms with E-state index < -0.39 is 0 Å². The van der Waals surface area contributed by atoms with E-state index in [1.54, 1.807) is 31.9 Å². The van der Waals surface area contributed by atoms with Crippen LogP contribution in [-0.4, -0.2) is 36.4 Å². The number of nitrogens with zero attached hydrogens (tertiary/aromatic N) is 6. The maximum atomic E-state index is 5.04. The Hall–Kier alpha value is -3.48.